The molecular formula is C12H10BrN3O3. The van der Waals surface area contributed by atoms with Crippen molar-refractivity contribution in [2.75, 3.05) is 11.9 Å². The molecule has 0 spiro atoms. The maximum absolute atomic E-state index is 11.5. The van der Waals surface area contributed by atoms with Gasteiger partial charge in [-0.2, -0.15) is 0 Å². The molecule has 2 aromatic rings. The van der Waals surface area contributed by atoms with Crippen LogP contribution in [0, 0.1) is 0 Å². The second kappa shape index (κ2) is 5.75. The number of carbonyl (C=O) groups excluding carboxylic acids is 2. The van der Waals surface area contributed by atoms with Crippen molar-refractivity contribution in [2.24, 2.45) is 0 Å². The van der Waals surface area contributed by atoms with Crippen molar-refractivity contribution in [3.05, 3.63) is 28.9 Å². The summed E-state index contributed by atoms with van der Waals surface area (Å²) >= 11 is 3.32. The fourth-order valence-electron chi connectivity index (χ4n) is 1.40. The zero-order valence-electron chi connectivity index (χ0n) is 10.0. The highest BCUT2D eigenvalue weighted by Gasteiger charge is 2.06. The first-order chi connectivity index (χ1) is 9.04. The molecule has 0 aliphatic heterocycles. The molecule has 0 radical (unpaired) electrons. The van der Waals surface area contributed by atoms with Crippen LogP contribution in [0.5, 0.6) is 0 Å². The molecule has 2 aromatic heterocycles. The number of anilines is 1. The third-order valence-corrected chi connectivity index (χ3v) is 2.62. The molecule has 0 aromatic carbocycles. The number of carbonyl (C=O) groups is 2. The maximum Gasteiger partial charge on any atom is 0.303 e. The first-order valence-electron chi connectivity index (χ1n) is 5.40. The van der Waals surface area contributed by atoms with Crippen LogP contribution in [0.25, 0.3) is 11.0 Å². The fraction of sp³-hybridized carbons (Fsp3) is 0.167. The van der Waals surface area contributed by atoms with Gasteiger partial charge in [-0.1, -0.05) is 0 Å². The molecule has 0 aliphatic carbocycles. The summed E-state index contributed by atoms with van der Waals surface area (Å²) < 4.78 is 5.43. The van der Waals surface area contributed by atoms with Crippen LogP contribution in [0.3, 0.4) is 0 Å². The lowest BCUT2D eigenvalue weighted by Crippen LogP contribution is -2.20. The van der Waals surface area contributed by atoms with E-state index in [9.17, 15) is 9.59 Å². The summed E-state index contributed by atoms with van der Waals surface area (Å²) in [6.45, 7) is 0.909. The molecule has 98 valence electrons. The Morgan fingerprint density at radius 2 is 2.21 bits per heavy atom. The number of hydrogen-bond acceptors (Lipinski definition) is 5. The predicted molar refractivity (Wildman–Crippen MR) is 72.5 cm³/mol. The molecule has 2 rings (SSSR count). The van der Waals surface area contributed by atoms with Gasteiger partial charge >= 0.3 is 5.97 Å². The minimum absolute atomic E-state index is 0.331. The van der Waals surface area contributed by atoms with Gasteiger partial charge in [0.25, 0.3) is 5.91 Å². The number of fused-ring (bicyclic) bond motifs is 1. The quantitative estimate of drug-likeness (QED) is 0.872. The predicted octanol–water partition coefficient (Wildman–Crippen LogP) is 1.89. The number of pyridine rings is 2. The number of esters is 1. The summed E-state index contributed by atoms with van der Waals surface area (Å²) in [5.74, 6) is -0.591. The number of hydrogen-bond donors (Lipinski definition) is 1. The van der Waals surface area contributed by atoms with Gasteiger partial charge in [0.1, 0.15) is 5.82 Å². The second-order valence-corrected chi connectivity index (χ2v) is 4.64. The van der Waals surface area contributed by atoms with Crippen molar-refractivity contribution >= 4 is 44.7 Å². The van der Waals surface area contributed by atoms with E-state index in [1.807, 2.05) is 6.07 Å². The number of ether oxygens (including phenoxy) is 1. The summed E-state index contributed by atoms with van der Waals surface area (Å²) in [7, 11) is 0. The Morgan fingerprint density at radius 3 is 2.95 bits per heavy atom. The van der Waals surface area contributed by atoms with Crippen LogP contribution in [0.1, 0.15) is 6.92 Å². The minimum atomic E-state index is -0.506. The van der Waals surface area contributed by atoms with E-state index < -0.39 is 11.9 Å². The summed E-state index contributed by atoms with van der Waals surface area (Å²) in [6.07, 6.45) is 1.62. The molecule has 0 atom stereocenters. The Bertz CT molecular complexity index is 645. The highest BCUT2D eigenvalue weighted by molar-refractivity contribution is 9.10. The van der Waals surface area contributed by atoms with Gasteiger partial charge in [-0.15, -0.1) is 0 Å². The van der Waals surface area contributed by atoms with Gasteiger partial charge in [0.15, 0.2) is 12.3 Å². The van der Waals surface area contributed by atoms with Gasteiger partial charge in [-0.25, -0.2) is 9.97 Å². The number of rotatable bonds is 3. The summed E-state index contributed by atoms with van der Waals surface area (Å²) in [5, 5.41) is 3.38. The van der Waals surface area contributed by atoms with Crippen LogP contribution in [0.15, 0.2) is 28.9 Å². The van der Waals surface area contributed by atoms with Crippen LogP contribution in [-0.4, -0.2) is 28.5 Å². The maximum atomic E-state index is 11.5. The van der Waals surface area contributed by atoms with Crippen LogP contribution in [0.2, 0.25) is 0 Å². The average Bonchev–Trinajstić information content (AvgIpc) is 2.36. The van der Waals surface area contributed by atoms with Crippen LogP contribution >= 0.6 is 15.9 Å². The zero-order valence-corrected chi connectivity index (χ0v) is 11.6. The summed E-state index contributed by atoms with van der Waals surface area (Å²) in [4.78, 5) is 30.3. The van der Waals surface area contributed by atoms with Crippen molar-refractivity contribution in [1.29, 1.82) is 0 Å². The smallest absolute Gasteiger partial charge is 0.303 e. The largest absolute Gasteiger partial charge is 0.456 e. The van der Waals surface area contributed by atoms with E-state index in [0.29, 0.717) is 11.5 Å². The Kier molecular flexibility index (Phi) is 4.06. The van der Waals surface area contributed by atoms with E-state index in [4.69, 9.17) is 0 Å². The minimum Gasteiger partial charge on any atom is -0.456 e. The molecule has 1 amide bonds. The first kappa shape index (κ1) is 13.4. The normalized spacial score (nSPS) is 10.2. The molecule has 6 nitrogen and oxygen atoms in total. The van der Waals surface area contributed by atoms with Crippen LogP contribution in [0.4, 0.5) is 5.82 Å². The Hall–Kier alpha value is -2.02. The number of aromatic nitrogens is 2. The molecule has 0 bridgehead atoms. The topological polar surface area (TPSA) is 81.2 Å². The molecule has 7 heteroatoms. The van der Waals surface area contributed by atoms with Crippen LogP contribution < -0.4 is 5.32 Å². The zero-order chi connectivity index (χ0) is 13.8. The van der Waals surface area contributed by atoms with Gasteiger partial charge in [-0.3, -0.25) is 9.59 Å². The Morgan fingerprint density at radius 1 is 1.42 bits per heavy atom. The molecule has 0 fully saturated rings. The molecule has 0 saturated carbocycles. The van der Waals surface area contributed by atoms with Gasteiger partial charge < -0.3 is 10.1 Å². The van der Waals surface area contributed by atoms with Gasteiger partial charge in [0.05, 0.1) is 0 Å². The number of nitrogens with zero attached hydrogens (tertiary/aromatic N) is 2. The van der Waals surface area contributed by atoms with E-state index in [1.165, 1.54) is 6.92 Å². The van der Waals surface area contributed by atoms with E-state index in [1.54, 1.807) is 18.3 Å². The van der Waals surface area contributed by atoms with Crippen molar-refractivity contribution in [1.82, 2.24) is 9.97 Å². The Balaban J connectivity index is 2.11. The van der Waals surface area contributed by atoms with Crippen molar-refractivity contribution in [3.8, 4) is 0 Å². The van der Waals surface area contributed by atoms with Crippen molar-refractivity contribution in [2.45, 2.75) is 6.92 Å². The summed E-state index contributed by atoms with van der Waals surface area (Å²) in [6, 6.07) is 5.32. The lowest BCUT2D eigenvalue weighted by molar-refractivity contribution is -0.144. The van der Waals surface area contributed by atoms with Gasteiger partial charge in [0, 0.05) is 23.0 Å². The van der Waals surface area contributed by atoms with E-state index in [-0.39, 0.29) is 6.61 Å². The molecule has 0 saturated heterocycles. The number of nitrogens with one attached hydrogen (secondary N) is 1. The van der Waals surface area contributed by atoms with E-state index in [2.05, 4.69) is 36.0 Å². The second-order valence-electron chi connectivity index (χ2n) is 3.73. The van der Waals surface area contributed by atoms with Crippen LogP contribution in [-0.2, 0) is 14.3 Å². The Labute approximate surface area is 117 Å². The molecule has 1 N–H and O–H groups in total. The van der Waals surface area contributed by atoms with Crippen molar-refractivity contribution < 1.29 is 14.3 Å². The number of halogens is 1. The number of amides is 1. The standard InChI is InChI=1S/C12H10BrN3O3/c1-7(17)19-6-11(18)15-10-3-2-8-4-9(13)5-14-12(8)16-10/h2-5H,6H2,1H3,(H,14,15,16,18). The van der Waals surface area contributed by atoms with Gasteiger partial charge in [-0.05, 0) is 34.1 Å². The third kappa shape index (κ3) is 3.72. The molecule has 19 heavy (non-hydrogen) atoms. The van der Waals surface area contributed by atoms with E-state index >= 15 is 0 Å². The highest BCUT2D eigenvalue weighted by Crippen LogP contribution is 2.17. The molecule has 0 unspecified atom stereocenters. The molecule has 0 aliphatic rings. The molecular weight excluding hydrogens is 314 g/mol. The fourth-order valence-corrected chi connectivity index (χ4v) is 1.75. The van der Waals surface area contributed by atoms with E-state index in [0.717, 1.165) is 9.86 Å². The lowest BCUT2D eigenvalue weighted by Gasteiger charge is -2.05. The van der Waals surface area contributed by atoms with Crippen molar-refractivity contribution in [3.63, 3.8) is 0 Å². The SMILES string of the molecule is CC(=O)OCC(=O)Nc1ccc2cc(Br)cnc2n1. The lowest BCUT2D eigenvalue weighted by atomic mass is 10.3. The monoisotopic (exact) mass is 323 g/mol. The molecule has 2 heterocycles. The average molecular weight is 324 g/mol. The highest BCUT2D eigenvalue weighted by atomic mass is 79.9. The van der Waals surface area contributed by atoms with Gasteiger partial charge in [0.2, 0.25) is 0 Å². The summed E-state index contributed by atoms with van der Waals surface area (Å²) in [5.41, 5.74) is 0.522. The first-order valence-corrected chi connectivity index (χ1v) is 6.19. The third-order valence-electron chi connectivity index (χ3n) is 2.18.